The smallest absolute Gasteiger partial charge is 0.00675 e. The van der Waals surface area contributed by atoms with Gasteiger partial charge in [0.15, 0.2) is 0 Å². The maximum atomic E-state index is 3.92. The molecule has 0 rings (SSSR count). The van der Waals surface area contributed by atoms with E-state index in [4.69, 9.17) is 0 Å². The molecular formula is C31H63S. The summed E-state index contributed by atoms with van der Waals surface area (Å²) in [4.78, 5) is 0. The first-order valence-electron chi connectivity index (χ1n) is 15.1. The average molecular weight is 468 g/mol. The highest BCUT2D eigenvalue weighted by Crippen LogP contribution is 2.16. The summed E-state index contributed by atoms with van der Waals surface area (Å²) in [5.41, 5.74) is 0. The molecule has 0 fully saturated rings. The molecule has 0 amide bonds. The Bertz CT molecular complexity index is 312. The maximum Gasteiger partial charge on any atom is -0.00675 e. The highest BCUT2D eigenvalue weighted by Gasteiger charge is 1.97. The van der Waals surface area contributed by atoms with Gasteiger partial charge < -0.3 is 0 Å². The highest BCUT2D eigenvalue weighted by atomic mass is 32.2. The third-order valence-corrected chi connectivity index (χ3v) is 8.01. The lowest BCUT2D eigenvalue weighted by atomic mass is 10.0. The van der Waals surface area contributed by atoms with Crippen molar-refractivity contribution in [1.29, 1.82) is 0 Å². The van der Waals surface area contributed by atoms with Gasteiger partial charge in [-0.05, 0) is 30.3 Å². The van der Waals surface area contributed by atoms with Crippen LogP contribution in [0.2, 0.25) is 0 Å². The van der Waals surface area contributed by atoms with Crippen LogP contribution in [0.25, 0.3) is 0 Å². The minimum atomic E-state index is 0.894. The second-order valence-corrected chi connectivity index (χ2v) is 12.0. The van der Waals surface area contributed by atoms with Gasteiger partial charge in [0, 0.05) is 0 Å². The molecule has 32 heavy (non-hydrogen) atoms. The van der Waals surface area contributed by atoms with Crippen LogP contribution in [0, 0.1) is 12.8 Å². The van der Waals surface area contributed by atoms with Crippen LogP contribution in [-0.2, 0) is 0 Å². The largest absolute Gasteiger partial charge is 0.162 e. The highest BCUT2D eigenvalue weighted by molar-refractivity contribution is 7.99. The Morgan fingerprint density at radius 3 is 1.00 bits per heavy atom. The van der Waals surface area contributed by atoms with E-state index >= 15 is 0 Å². The van der Waals surface area contributed by atoms with E-state index in [1.54, 1.807) is 0 Å². The molecule has 0 spiro atoms. The zero-order valence-electron chi connectivity index (χ0n) is 22.8. The lowest BCUT2D eigenvalue weighted by Gasteiger charge is -2.05. The summed E-state index contributed by atoms with van der Waals surface area (Å²) in [5, 5.41) is 0. The minimum absolute atomic E-state index is 0.894. The van der Waals surface area contributed by atoms with E-state index in [0.29, 0.717) is 0 Å². The summed E-state index contributed by atoms with van der Waals surface area (Å²) in [5.74, 6) is 3.71. The molecule has 0 aromatic rings. The molecule has 0 nitrogen and oxygen atoms in total. The molecule has 0 aromatic heterocycles. The van der Waals surface area contributed by atoms with Crippen molar-refractivity contribution in [2.24, 2.45) is 5.92 Å². The number of unbranched alkanes of at least 4 members (excludes halogenated alkanes) is 22. The van der Waals surface area contributed by atoms with Gasteiger partial charge in [-0.3, -0.25) is 0 Å². The fourth-order valence-electron chi connectivity index (χ4n) is 4.60. The van der Waals surface area contributed by atoms with Crippen molar-refractivity contribution in [3.8, 4) is 0 Å². The Morgan fingerprint density at radius 1 is 0.406 bits per heavy atom. The van der Waals surface area contributed by atoms with Crippen molar-refractivity contribution in [3.05, 3.63) is 6.92 Å². The van der Waals surface area contributed by atoms with Gasteiger partial charge in [-0.1, -0.05) is 168 Å². The van der Waals surface area contributed by atoms with E-state index in [0.717, 1.165) is 12.3 Å². The van der Waals surface area contributed by atoms with Gasteiger partial charge in [0.2, 0.25) is 0 Å². The predicted molar refractivity (Wildman–Crippen MR) is 153 cm³/mol. The Kier molecular flexibility index (Phi) is 29.7. The van der Waals surface area contributed by atoms with Crippen LogP contribution in [0.1, 0.15) is 174 Å². The van der Waals surface area contributed by atoms with Gasteiger partial charge in [0.25, 0.3) is 0 Å². The standard InChI is InChI=1S/C31H63S/c1-4-5-6-7-8-9-10-11-12-13-14-15-17-20-23-26-29-32-30-27-24-21-18-16-19-22-25-28-31(2)3/h31H,1,4-30H2,2-3H3. The predicted octanol–water partition coefficient (Wildman–Crippen LogP) is 12.0. The first-order chi connectivity index (χ1) is 15.8. The SMILES string of the molecule is [CH2]CCCCCCCCCCCCCCCCCSCCCCCCCCCCC(C)C. The molecule has 0 bridgehead atoms. The Labute approximate surface area is 210 Å². The van der Waals surface area contributed by atoms with E-state index < -0.39 is 0 Å². The van der Waals surface area contributed by atoms with Crippen molar-refractivity contribution in [3.63, 3.8) is 0 Å². The lowest BCUT2D eigenvalue weighted by molar-refractivity contribution is 0.509. The molecule has 0 aliphatic carbocycles. The van der Waals surface area contributed by atoms with Crippen LogP contribution < -0.4 is 0 Å². The van der Waals surface area contributed by atoms with Gasteiger partial charge in [0.1, 0.15) is 0 Å². The fourth-order valence-corrected chi connectivity index (χ4v) is 5.62. The van der Waals surface area contributed by atoms with Crippen LogP contribution in [0.3, 0.4) is 0 Å². The molecule has 0 aliphatic heterocycles. The van der Waals surface area contributed by atoms with Crippen molar-refractivity contribution >= 4 is 11.8 Å². The van der Waals surface area contributed by atoms with Crippen LogP contribution in [0.5, 0.6) is 0 Å². The third kappa shape index (κ3) is 30.4. The van der Waals surface area contributed by atoms with Gasteiger partial charge in [0.05, 0.1) is 0 Å². The fraction of sp³-hybridized carbons (Fsp3) is 0.968. The molecule has 0 saturated heterocycles. The van der Waals surface area contributed by atoms with E-state index in [2.05, 4.69) is 32.5 Å². The van der Waals surface area contributed by atoms with Crippen LogP contribution in [0.15, 0.2) is 0 Å². The lowest BCUT2D eigenvalue weighted by Crippen LogP contribution is -1.88. The quantitative estimate of drug-likeness (QED) is 0.103. The third-order valence-electron chi connectivity index (χ3n) is 6.86. The first kappa shape index (κ1) is 32.4. The second-order valence-electron chi connectivity index (χ2n) is 10.8. The van der Waals surface area contributed by atoms with Gasteiger partial charge >= 0.3 is 0 Å². The Morgan fingerprint density at radius 2 is 0.688 bits per heavy atom. The number of hydrogen-bond donors (Lipinski definition) is 0. The molecule has 1 radical (unpaired) electrons. The first-order valence-corrected chi connectivity index (χ1v) is 16.3. The molecule has 0 aliphatic rings. The van der Waals surface area contributed by atoms with Crippen LogP contribution >= 0.6 is 11.8 Å². The van der Waals surface area contributed by atoms with Crippen LogP contribution in [-0.4, -0.2) is 11.5 Å². The van der Waals surface area contributed by atoms with Crippen molar-refractivity contribution in [1.82, 2.24) is 0 Å². The second kappa shape index (κ2) is 29.4. The topological polar surface area (TPSA) is 0 Å². The molecule has 0 N–H and O–H groups in total. The molecule has 0 heterocycles. The maximum absolute atomic E-state index is 3.92. The van der Waals surface area contributed by atoms with E-state index in [9.17, 15) is 0 Å². The molecule has 0 aromatic carbocycles. The molecular weight excluding hydrogens is 404 g/mol. The monoisotopic (exact) mass is 467 g/mol. The number of rotatable bonds is 28. The summed E-state index contributed by atoms with van der Waals surface area (Å²) in [6.45, 7) is 8.61. The van der Waals surface area contributed by atoms with E-state index in [1.807, 2.05) is 0 Å². The molecule has 0 unspecified atom stereocenters. The summed E-state index contributed by atoms with van der Waals surface area (Å²) < 4.78 is 0. The van der Waals surface area contributed by atoms with E-state index in [-0.39, 0.29) is 0 Å². The molecule has 0 saturated carbocycles. The molecule has 0 atom stereocenters. The zero-order chi connectivity index (χ0) is 23.4. The molecule has 193 valence electrons. The Balaban J connectivity index is 3.00. The zero-order valence-corrected chi connectivity index (χ0v) is 23.6. The van der Waals surface area contributed by atoms with Gasteiger partial charge in [-0.15, -0.1) is 0 Å². The summed E-state index contributed by atoms with van der Waals surface area (Å²) in [6, 6.07) is 0. The number of hydrogen-bond acceptors (Lipinski definition) is 1. The number of thioether (sulfide) groups is 1. The normalized spacial score (nSPS) is 11.6. The average Bonchev–Trinajstić information content (AvgIpc) is 2.78. The molecule has 1 heteroatoms. The van der Waals surface area contributed by atoms with Gasteiger partial charge in [-0.25, -0.2) is 0 Å². The van der Waals surface area contributed by atoms with Crippen molar-refractivity contribution in [2.75, 3.05) is 11.5 Å². The summed E-state index contributed by atoms with van der Waals surface area (Å²) in [7, 11) is 0. The Hall–Kier alpha value is 0.350. The van der Waals surface area contributed by atoms with Crippen LogP contribution in [0.4, 0.5) is 0 Å². The van der Waals surface area contributed by atoms with Gasteiger partial charge in [-0.2, -0.15) is 11.8 Å². The van der Waals surface area contributed by atoms with Crippen molar-refractivity contribution < 1.29 is 0 Å². The van der Waals surface area contributed by atoms with Crippen molar-refractivity contribution in [2.45, 2.75) is 174 Å². The summed E-state index contributed by atoms with van der Waals surface area (Å²) in [6.07, 6.45) is 36.1. The van der Waals surface area contributed by atoms with E-state index in [1.165, 1.54) is 166 Å². The summed E-state index contributed by atoms with van der Waals surface area (Å²) >= 11 is 2.21. The minimum Gasteiger partial charge on any atom is -0.162 e.